The molecule has 1 N–H and O–H groups in total. The van der Waals surface area contributed by atoms with E-state index >= 15 is 0 Å². The molecule has 2 unspecified atom stereocenters. The summed E-state index contributed by atoms with van der Waals surface area (Å²) in [6.07, 6.45) is 13.0. The van der Waals surface area contributed by atoms with Gasteiger partial charge in [0.2, 0.25) is 0 Å². The summed E-state index contributed by atoms with van der Waals surface area (Å²) >= 11 is 0. The van der Waals surface area contributed by atoms with Crippen LogP contribution in [0.25, 0.3) is 0 Å². The molecule has 2 saturated carbocycles. The van der Waals surface area contributed by atoms with E-state index in [1.807, 2.05) is 7.11 Å². The fourth-order valence-electron chi connectivity index (χ4n) is 3.76. The summed E-state index contributed by atoms with van der Waals surface area (Å²) < 4.78 is 5.94. The van der Waals surface area contributed by atoms with Gasteiger partial charge in [-0.15, -0.1) is 0 Å². The van der Waals surface area contributed by atoms with Gasteiger partial charge < -0.3 is 10.1 Å². The fraction of sp³-hybridized carbons (Fsp3) is 1.00. The zero-order chi connectivity index (χ0) is 12.8. The molecule has 2 atom stereocenters. The Kier molecular flexibility index (Phi) is 5.97. The van der Waals surface area contributed by atoms with Crippen molar-refractivity contribution in [1.82, 2.24) is 5.32 Å². The predicted octanol–water partition coefficient (Wildman–Crippen LogP) is 3.75. The zero-order valence-electron chi connectivity index (χ0n) is 12.3. The van der Waals surface area contributed by atoms with Crippen molar-refractivity contribution in [2.24, 2.45) is 11.8 Å². The van der Waals surface area contributed by atoms with Crippen molar-refractivity contribution >= 4 is 0 Å². The Labute approximate surface area is 113 Å². The summed E-state index contributed by atoms with van der Waals surface area (Å²) in [5.41, 5.74) is 0. The molecule has 2 nitrogen and oxygen atoms in total. The molecule has 0 radical (unpaired) electrons. The van der Waals surface area contributed by atoms with Crippen molar-refractivity contribution in [2.75, 3.05) is 13.7 Å². The minimum absolute atomic E-state index is 0.460. The number of hydrogen-bond donors (Lipinski definition) is 1. The van der Waals surface area contributed by atoms with Crippen LogP contribution in [-0.4, -0.2) is 25.8 Å². The van der Waals surface area contributed by atoms with Gasteiger partial charge in [0.05, 0.1) is 6.10 Å². The van der Waals surface area contributed by atoms with E-state index in [-0.39, 0.29) is 0 Å². The third kappa shape index (κ3) is 3.48. The lowest BCUT2D eigenvalue weighted by Gasteiger charge is -2.42. The molecule has 0 bridgehead atoms. The predicted molar refractivity (Wildman–Crippen MR) is 76.8 cm³/mol. The van der Waals surface area contributed by atoms with Crippen molar-refractivity contribution in [3.8, 4) is 0 Å². The van der Waals surface area contributed by atoms with Crippen molar-refractivity contribution in [3.05, 3.63) is 0 Å². The summed E-state index contributed by atoms with van der Waals surface area (Å²) in [5, 5.41) is 3.79. The quantitative estimate of drug-likeness (QED) is 0.746. The molecule has 0 aromatic carbocycles. The normalized spacial score (nSPS) is 25.7. The van der Waals surface area contributed by atoms with Crippen LogP contribution < -0.4 is 5.32 Å². The Hall–Kier alpha value is -0.0800. The third-order valence-corrected chi connectivity index (χ3v) is 5.03. The highest BCUT2D eigenvalue weighted by molar-refractivity contribution is 4.92. The monoisotopic (exact) mass is 253 g/mol. The SMILES string of the molecule is CCCNC(C1CCC1)C(OC)C1CCCCC1. The molecule has 18 heavy (non-hydrogen) atoms. The summed E-state index contributed by atoms with van der Waals surface area (Å²) in [6.45, 7) is 3.40. The summed E-state index contributed by atoms with van der Waals surface area (Å²) in [5.74, 6) is 1.68. The van der Waals surface area contributed by atoms with Crippen molar-refractivity contribution in [2.45, 2.75) is 76.9 Å². The molecule has 0 saturated heterocycles. The molecular formula is C16H31NO. The van der Waals surface area contributed by atoms with E-state index in [4.69, 9.17) is 4.74 Å². The van der Waals surface area contributed by atoms with E-state index in [0.717, 1.165) is 18.4 Å². The van der Waals surface area contributed by atoms with Gasteiger partial charge in [-0.2, -0.15) is 0 Å². The first-order valence-corrected chi connectivity index (χ1v) is 8.13. The Morgan fingerprint density at radius 1 is 1.00 bits per heavy atom. The molecule has 2 aliphatic rings. The molecule has 2 heteroatoms. The minimum atomic E-state index is 0.460. The largest absolute Gasteiger partial charge is 0.380 e. The first-order valence-electron chi connectivity index (χ1n) is 8.13. The maximum atomic E-state index is 5.94. The van der Waals surface area contributed by atoms with Gasteiger partial charge in [-0.25, -0.2) is 0 Å². The average molecular weight is 253 g/mol. The first kappa shape index (κ1) is 14.3. The third-order valence-electron chi connectivity index (χ3n) is 5.03. The van der Waals surface area contributed by atoms with E-state index in [2.05, 4.69) is 12.2 Å². The van der Waals surface area contributed by atoms with Gasteiger partial charge in [0, 0.05) is 13.2 Å². The van der Waals surface area contributed by atoms with Crippen LogP contribution in [0.5, 0.6) is 0 Å². The lowest BCUT2D eigenvalue weighted by molar-refractivity contribution is -0.0194. The standard InChI is InChI=1S/C16H31NO/c1-3-12-17-15(13-10-7-11-13)16(18-2)14-8-5-4-6-9-14/h13-17H,3-12H2,1-2H3. The molecule has 106 valence electrons. The van der Waals surface area contributed by atoms with E-state index < -0.39 is 0 Å². The number of nitrogens with one attached hydrogen (secondary N) is 1. The zero-order valence-corrected chi connectivity index (χ0v) is 12.3. The number of ether oxygens (including phenoxy) is 1. The molecule has 2 aliphatic carbocycles. The van der Waals surface area contributed by atoms with Gasteiger partial charge in [0.25, 0.3) is 0 Å². The Bertz CT molecular complexity index is 221. The number of hydrogen-bond acceptors (Lipinski definition) is 2. The first-order chi connectivity index (χ1) is 8.86. The molecule has 0 amide bonds. The van der Waals surface area contributed by atoms with Gasteiger partial charge in [0.1, 0.15) is 0 Å². The summed E-state index contributed by atoms with van der Waals surface area (Å²) in [6, 6.07) is 0.617. The van der Waals surface area contributed by atoms with Crippen LogP contribution in [0.1, 0.15) is 64.7 Å². The topological polar surface area (TPSA) is 21.3 Å². The van der Waals surface area contributed by atoms with Gasteiger partial charge in [-0.05, 0) is 50.5 Å². The maximum Gasteiger partial charge on any atom is 0.0755 e. The molecule has 2 fully saturated rings. The molecular weight excluding hydrogens is 222 g/mol. The van der Waals surface area contributed by atoms with E-state index in [1.54, 1.807) is 0 Å². The molecule has 0 spiro atoms. The number of rotatable bonds is 7. The fourth-order valence-corrected chi connectivity index (χ4v) is 3.76. The summed E-state index contributed by atoms with van der Waals surface area (Å²) in [7, 11) is 1.93. The second-order valence-corrected chi connectivity index (χ2v) is 6.27. The Morgan fingerprint density at radius 3 is 2.17 bits per heavy atom. The van der Waals surface area contributed by atoms with Crippen LogP contribution in [-0.2, 0) is 4.74 Å². The van der Waals surface area contributed by atoms with Gasteiger partial charge in [-0.1, -0.05) is 32.6 Å². The van der Waals surface area contributed by atoms with Crippen LogP contribution in [0, 0.1) is 11.8 Å². The van der Waals surface area contributed by atoms with Crippen LogP contribution in [0.15, 0.2) is 0 Å². The lowest BCUT2D eigenvalue weighted by atomic mass is 9.72. The Balaban J connectivity index is 1.94. The van der Waals surface area contributed by atoms with E-state index in [9.17, 15) is 0 Å². The molecule has 2 rings (SSSR count). The smallest absolute Gasteiger partial charge is 0.0755 e. The highest BCUT2D eigenvalue weighted by Crippen LogP contribution is 2.37. The van der Waals surface area contributed by atoms with Gasteiger partial charge in [0.15, 0.2) is 0 Å². The number of methoxy groups -OCH3 is 1. The summed E-state index contributed by atoms with van der Waals surface area (Å²) in [4.78, 5) is 0. The minimum Gasteiger partial charge on any atom is -0.380 e. The van der Waals surface area contributed by atoms with Crippen LogP contribution in [0.4, 0.5) is 0 Å². The van der Waals surface area contributed by atoms with Gasteiger partial charge >= 0.3 is 0 Å². The second kappa shape index (κ2) is 7.49. The molecule has 0 aromatic heterocycles. The molecule has 0 aromatic rings. The van der Waals surface area contributed by atoms with Gasteiger partial charge in [-0.3, -0.25) is 0 Å². The van der Waals surface area contributed by atoms with Crippen molar-refractivity contribution in [3.63, 3.8) is 0 Å². The lowest BCUT2D eigenvalue weighted by Crippen LogP contribution is -2.52. The molecule has 0 aliphatic heterocycles. The van der Waals surface area contributed by atoms with Crippen LogP contribution in [0.2, 0.25) is 0 Å². The Morgan fingerprint density at radius 2 is 1.67 bits per heavy atom. The second-order valence-electron chi connectivity index (χ2n) is 6.27. The van der Waals surface area contributed by atoms with Crippen molar-refractivity contribution in [1.29, 1.82) is 0 Å². The highest BCUT2D eigenvalue weighted by Gasteiger charge is 2.37. The van der Waals surface area contributed by atoms with Crippen LogP contribution >= 0.6 is 0 Å². The van der Waals surface area contributed by atoms with Crippen LogP contribution in [0.3, 0.4) is 0 Å². The van der Waals surface area contributed by atoms with E-state index in [0.29, 0.717) is 12.1 Å². The molecule has 0 heterocycles. The average Bonchev–Trinajstić information content (AvgIpc) is 2.35. The maximum absolute atomic E-state index is 5.94. The van der Waals surface area contributed by atoms with Crippen molar-refractivity contribution < 1.29 is 4.74 Å². The van der Waals surface area contributed by atoms with E-state index in [1.165, 1.54) is 57.8 Å². The highest BCUT2D eigenvalue weighted by atomic mass is 16.5.